The third kappa shape index (κ3) is 4.01. The number of ether oxygens (including phenoxy) is 1. The lowest BCUT2D eigenvalue weighted by Gasteiger charge is -2.29. The molecular weight excluding hydrogens is 420 g/mol. The molecule has 0 aromatic carbocycles. The van der Waals surface area contributed by atoms with Gasteiger partial charge in [-0.25, -0.2) is 4.98 Å². The zero-order chi connectivity index (χ0) is 21.4. The number of aryl methyl sites for hydroxylation is 1. The second-order valence-corrected chi connectivity index (χ2v) is 9.55. The zero-order valence-corrected chi connectivity index (χ0v) is 18.9. The molecule has 4 rings (SSSR count). The van der Waals surface area contributed by atoms with Crippen LogP contribution in [0, 0.1) is 12.8 Å². The van der Waals surface area contributed by atoms with E-state index in [9.17, 15) is 9.59 Å². The van der Waals surface area contributed by atoms with Gasteiger partial charge in [-0.2, -0.15) is 0 Å². The van der Waals surface area contributed by atoms with E-state index < -0.39 is 0 Å². The van der Waals surface area contributed by atoms with Gasteiger partial charge in [-0.15, -0.1) is 0 Å². The maximum absolute atomic E-state index is 13.4. The molecule has 2 aromatic heterocycles. The first-order valence-corrected chi connectivity index (χ1v) is 11.2. The van der Waals surface area contributed by atoms with Crippen LogP contribution in [0.2, 0.25) is 0 Å². The van der Waals surface area contributed by atoms with Crippen LogP contribution in [-0.2, 0) is 9.53 Å². The molecule has 0 N–H and O–H groups in total. The summed E-state index contributed by atoms with van der Waals surface area (Å²) in [6, 6.07) is 3.77. The molecule has 9 heteroatoms. The van der Waals surface area contributed by atoms with E-state index in [1.165, 1.54) is 11.8 Å². The fraction of sp³-hybridized carbons (Fsp3) is 0.429. The van der Waals surface area contributed by atoms with Crippen molar-refractivity contribution < 1.29 is 9.53 Å². The molecule has 2 aromatic rings. The number of amides is 1. The van der Waals surface area contributed by atoms with Crippen molar-refractivity contribution in [1.29, 1.82) is 0 Å². The first kappa shape index (κ1) is 21.0. The van der Waals surface area contributed by atoms with E-state index in [2.05, 4.69) is 0 Å². The van der Waals surface area contributed by atoms with Crippen molar-refractivity contribution in [2.75, 3.05) is 37.7 Å². The van der Waals surface area contributed by atoms with Crippen molar-refractivity contribution in [3.8, 4) is 0 Å². The zero-order valence-electron chi connectivity index (χ0n) is 17.3. The summed E-state index contributed by atoms with van der Waals surface area (Å²) in [5.74, 6) is 0.730. The number of carbonyl (C=O) groups is 1. The summed E-state index contributed by atoms with van der Waals surface area (Å²) >= 11 is 6.66. The third-order valence-electron chi connectivity index (χ3n) is 4.99. The van der Waals surface area contributed by atoms with Crippen LogP contribution in [0.5, 0.6) is 0 Å². The van der Waals surface area contributed by atoms with Gasteiger partial charge in [0, 0.05) is 25.8 Å². The molecule has 1 amide bonds. The number of pyridine rings is 1. The molecule has 2 aliphatic heterocycles. The molecule has 0 aliphatic carbocycles. The van der Waals surface area contributed by atoms with Crippen LogP contribution in [0.1, 0.15) is 25.0 Å². The molecule has 0 atom stereocenters. The number of fused-ring (bicyclic) bond motifs is 1. The van der Waals surface area contributed by atoms with Gasteiger partial charge in [0.2, 0.25) is 0 Å². The van der Waals surface area contributed by atoms with Gasteiger partial charge in [0.25, 0.3) is 11.5 Å². The summed E-state index contributed by atoms with van der Waals surface area (Å²) in [6.45, 7) is 9.01. The maximum atomic E-state index is 13.4. The van der Waals surface area contributed by atoms with E-state index >= 15 is 0 Å². The normalized spacial score (nSPS) is 19.0. The Morgan fingerprint density at radius 2 is 2.00 bits per heavy atom. The number of morpholine rings is 1. The predicted octanol–water partition coefficient (Wildman–Crippen LogP) is 2.70. The van der Waals surface area contributed by atoms with E-state index in [4.69, 9.17) is 21.9 Å². The standard InChI is InChI=1S/C21H24N4O3S2/c1-13(2)11-25-20(27)16(30-21(25)29)10-15-18(23-6-8-28-9-7-23)22-17-5-4-14(3)12-24(17)19(15)26/h4-5,10,12-13H,6-9,11H2,1-3H3/b16-10-. The van der Waals surface area contributed by atoms with E-state index in [-0.39, 0.29) is 11.5 Å². The van der Waals surface area contributed by atoms with Crippen LogP contribution in [-0.4, -0.2) is 57.4 Å². The van der Waals surface area contributed by atoms with Gasteiger partial charge in [-0.1, -0.05) is 43.9 Å². The van der Waals surface area contributed by atoms with Crippen molar-refractivity contribution >= 4 is 51.7 Å². The molecule has 2 saturated heterocycles. The first-order chi connectivity index (χ1) is 14.3. The summed E-state index contributed by atoms with van der Waals surface area (Å²) in [5.41, 5.74) is 1.75. The molecule has 30 heavy (non-hydrogen) atoms. The minimum atomic E-state index is -0.195. The highest BCUT2D eigenvalue weighted by Gasteiger charge is 2.33. The van der Waals surface area contributed by atoms with E-state index in [1.807, 2.05) is 37.8 Å². The van der Waals surface area contributed by atoms with Crippen LogP contribution in [0.3, 0.4) is 0 Å². The Morgan fingerprint density at radius 3 is 2.70 bits per heavy atom. The molecule has 4 heterocycles. The van der Waals surface area contributed by atoms with Gasteiger partial charge < -0.3 is 9.64 Å². The Hall–Kier alpha value is -2.23. The predicted molar refractivity (Wildman–Crippen MR) is 124 cm³/mol. The third-order valence-corrected chi connectivity index (χ3v) is 6.37. The van der Waals surface area contributed by atoms with E-state index in [1.54, 1.807) is 21.6 Å². The average molecular weight is 445 g/mol. The van der Waals surface area contributed by atoms with Gasteiger partial charge in [0.15, 0.2) is 0 Å². The molecule has 2 fully saturated rings. The lowest BCUT2D eigenvalue weighted by molar-refractivity contribution is -0.122. The van der Waals surface area contributed by atoms with Crippen molar-refractivity contribution in [3.63, 3.8) is 0 Å². The van der Waals surface area contributed by atoms with Gasteiger partial charge in [0.1, 0.15) is 15.8 Å². The van der Waals surface area contributed by atoms with Crippen LogP contribution in [0.4, 0.5) is 5.82 Å². The molecule has 0 bridgehead atoms. The first-order valence-electron chi connectivity index (χ1n) is 9.96. The molecule has 0 saturated carbocycles. The van der Waals surface area contributed by atoms with Gasteiger partial charge in [-0.3, -0.25) is 18.9 Å². The summed E-state index contributed by atoms with van der Waals surface area (Å²) in [6.07, 6.45) is 3.43. The Labute approximate surface area is 184 Å². The van der Waals surface area contributed by atoms with Gasteiger partial charge in [0.05, 0.1) is 23.7 Å². The fourth-order valence-corrected chi connectivity index (χ4v) is 4.80. The van der Waals surface area contributed by atoms with Gasteiger partial charge >= 0.3 is 0 Å². The number of anilines is 1. The monoisotopic (exact) mass is 444 g/mol. The fourth-order valence-electron chi connectivity index (χ4n) is 3.54. The van der Waals surface area contributed by atoms with E-state index in [0.717, 1.165) is 5.56 Å². The molecule has 0 spiro atoms. The number of carbonyl (C=O) groups excluding carboxylic acids is 1. The summed E-state index contributed by atoms with van der Waals surface area (Å²) in [7, 11) is 0. The van der Waals surface area contributed by atoms with Crippen molar-refractivity contribution in [2.24, 2.45) is 5.92 Å². The minimum Gasteiger partial charge on any atom is -0.378 e. The smallest absolute Gasteiger partial charge is 0.267 e. The highest BCUT2D eigenvalue weighted by atomic mass is 32.2. The number of rotatable bonds is 4. The summed E-state index contributed by atoms with van der Waals surface area (Å²) in [4.78, 5) is 35.3. The lowest BCUT2D eigenvalue weighted by Crippen LogP contribution is -2.38. The highest BCUT2D eigenvalue weighted by molar-refractivity contribution is 8.26. The second-order valence-electron chi connectivity index (χ2n) is 7.87. The van der Waals surface area contributed by atoms with Crippen molar-refractivity contribution in [1.82, 2.24) is 14.3 Å². The van der Waals surface area contributed by atoms with Crippen LogP contribution < -0.4 is 10.5 Å². The second kappa shape index (κ2) is 8.49. The number of thioether (sulfide) groups is 1. The number of hydrogen-bond donors (Lipinski definition) is 0. The van der Waals surface area contributed by atoms with Gasteiger partial charge in [-0.05, 0) is 30.5 Å². The number of nitrogens with zero attached hydrogens (tertiary/aromatic N) is 4. The van der Waals surface area contributed by atoms with Crippen molar-refractivity contribution in [3.05, 3.63) is 44.7 Å². The Kier molecular flexibility index (Phi) is 5.95. The Morgan fingerprint density at radius 1 is 1.27 bits per heavy atom. The quantitative estimate of drug-likeness (QED) is 0.531. The van der Waals surface area contributed by atoms with Crippen molar-refractivity contribution in [2.45, 2.75) is 20.8 Å². The summed E-state index contributed by atoms with van der Waals surface area (Å²) in [5, 5.41) is 0. The average Bonchev–Trinajstić information content (AvgIpc) is 2.98. The van der Waals surface area contributed by atoms with Crippen LogP contribution in [0.25, 0.3) is 11.7 Å². The topological polar surface area (TPSA) is 67.2 Å². The highest BCUT2D eigenvalue weighted by Crippen LogP contribution is 2.34. The maximum Gasteiger partial charge on any atom is 0.267 e. The largest absolute Gasteiger partial charge is 0.378 e. The molecule has 2 aliphatic rings. The molecule has 7 nitrogen and oxygen atoms in total. The number of aromatic nitrogens is 2. The lowest BCUT2D eigenvalue weighted by atomic mass is 10.2. The van der Waals surface area contributed by atoms with Crippen LogP contribution >= 0.6 is 24.0 Å². The molecule has 158 valence electrons. The number of hydrogen-bond acceptors (Lipinski definition) is 7. The number of thiocarbonyl (C=S) groups is 1. The van der Waals surface area contributed by atoms with E-state index in [0.29, 0.717) is 65.0 Å². The SMILES string of the molecule is Cc1ccc2nc(N3CCOCC3)c(/C=C3\SC(=S)N(CC(C)C)C3=O)c(=O)n2c1. The molecule has 0 radical (unpaired) electrons. The molecular formula is C21H24N4O3S2. The minimum absolute atomic E-state index is 0.152. The van der Waals surface area contributed by atoms with Crippen LogP contribution in [0.15, 0.2) is 28.0 Å². The Balaban J connectivity index is 1.85. The summed E-state index contributed by atoms with van der Waals surface area (Å²) < 4.78 is 7.53. The Bertz CT molecular complexity index is 1100. The molecule has 0 unspecified atom stereocenters.